The Morgan fingerprint density at radius 3 is 2.59 bits per heavy atom. The van der Waals surface area contributed by atoms with Crippen molar-refractivity contribution in [2.75, 3.05) is 11.9 Å². The first-order chi connectivity index (χ1) is 12.7. The van der Waals surface area contributed by atoms with Gasteiger partial charge in [0, 0.05) is 4.32 Å². The molecule has 4 aliphatic carbocycles. The number of esters is 1. The molecule has 1 N–H and O–H groups in total. The number of nitrogens with one attached hydrogen (secondary N) is 1. The molecule has 1 aromatic carbocycles. The second-order valence-electron chi connectivity index (χ2n) is 8.62. The first kappa shape index (κ1) is 19.2. The molecule has 0 aliphatic heterocycles. The standard InChI is InChI=1S/C20H22BrClFNO3/c21-20-7-12-3-13(8-20)6-19(5-12,11-20)9-18(26)27-10-17(25)24-16-2-1-14(23)4-15(16)22/h1-2,4,12-13H,3,5-11H2,(H,24,25)/t12-,13+,19?,20?. The van der Waals surface area contributed by atoms with Gasteiger partial charge in [0.2, 0.25) is 0 Å². The molecule has 4 nitrogen and oxygen atoms in total. The van der Waals surface area contributed by atoms with E-state index in [0.717, 1.165) is 25.3 Å². The molecule has 27 heavy (non-hydrogen) atoms. The number of alkyl halides is 1. The predicted octanol–water partition coefficient (Wildman–Crippen LogP) is 5.08. The van der Waals surface area contributed by atoms with Gasteiger partial charge in [-0.05, 0) is 74.0 Å². The molecule has 1 aromatic rings. The van der Waals surface area contributed by atoms with E-state index < -0.39 is 11.7 Å². The second kappa shape index (κ2) is 7.03. The van der Waals surface area contributed by atoms with Crippen LogP contribution in [0.4, 0.5) is 10.1 Å². The van der Waals surface area contributed by atoms with Crippen molar-refractivity contribution < 1.29 is 18.7 Å². The van der Waals surface area contributed by atoms with Crippen LogP contribution in [0.3, 0.4) is 0 Å². The van der Waals surface area contributed by atoms with E-state index in [1.54, 1.807) is 0 Å². The summed E-state index contributed by atoms with van der Waals surface area (Å²) in [5.41, 5.74) is 0.308. The van der Waals surface area contributed by atoms with E-state index in [2.05, 4.69) is 21.2 Å². The van der Waals surface area contributed by atoms with Gasteiger partial charge in [0.25, 0.3) is 5.91 Å². The normalized spacial score (nSPS) is 33.7. The van der Waals surface area contributed by atoms with Crippen LogP contribution >= 0.6 is 27.5 Å². The number of hydrogen-bond donors (Lipinski definition) is 1. The maximum Gasteiger partial charge on any atom is 0.306 e. The summed E-state index contributed by atoms with van der Waals surface area (Å²) in [5.74, 6) is 0.0991. The van der Waals surface area contributed by atoms with Gasteiger partial charge in [-0.2, -0.15) is 0 Å². The predicted molar refractivity (Wildman–Crippen MR) is 104 cm³/mol. The van der Waals surface area contributed by atoms with Gasteiger partial charge in [-0.1, -0.05) is 27.5 Å². The lowest BCUT2D eigenvalue weighted by atomic mass is 9.49. The Hall–Kier alpha value is -1.14. The van der Waals surface area contributed by atoms with Gasteiger partial charge in [0.15, 0.2) is 6.61 Å². The van der Waals surface area contributed by atoms with E-state index in [0.29, 0.717) is 23.9 Å². The number of amides is 1. The molecular formula is C20H22BrClFNO3. The van der Waals surface area contributed by atoms with Crippen molar-refractivity contribution in [3.05, 3.63) is 29.0 Å². The topological polar surface area (TPSA) is 55.4 Å². The molecule has 0 saturated heterocycles. The van der Waals surface area contributed by atoms with Gasteiger partial charge in [-0.25, -0.2) is 4.39 Å². The molecule has 5 rings (SSSR count). The van der Waals surface area contributed by atoms with E-state index >= 15 is 0 Å². The molecule has 4 fully saturated rings. The number of carbonyl (C=O) groups excluding carboxylic acids is 2. The fraction of sp³-hybridized carbons (Fsp3) is 0.600. The average Bonchev–Trinajstić information content (AvgIpc) is 2.53. The summed E-state index contributed by atoms with van der Waals surface area (Å²) in [6, 6.07) is 3.70. The van der Waals surface area contributed by atoms with Crippen LogP contribution in [0.5, 0.6) is 0 Å². The lowest BCUT2D eigenvalue weighted by Crippen LogP contribution is -2.53. The zero-order valence-corrected chi connectivity index (χ0v) is 17.2. The minimum absolute atomic E-state index is 0.0153. The highest BCUT2D eigenvalue weighted by molar-refractivity contribution is 9.10. The molecule has 4 aliphatic rings. The van der Waals surface area contributed by atoms with Crippen molar-refractivity contribution in [3.63, 3.8) is 0 Å². The van der Waals surface area contributed by atoms with Crippen LogP contribution < -0.4 is 5.32 Å². The Bertz CT molecular complexity index is 772. The Labute approximate surface area is 171 Å². The fourth-order valence-corrected chi connectivity index (χ4v) is 7.55. The number of halogens is 3. The molecule has 146 valence electrons. The summed E-state index contributed by atoms with van der Waals surface area (Å²) < 4.78 is 18.5. The van der Waals surface area contributed by atoms with Gasteiger partial charge in [-0.15, -0.1) is 0 Å². The Morgan fingerprint density at radius 1 is 1.26 bits per heavy atom. The van der Waals surface area contributed by atoms with E-state index in [1.165, 1.54) is 31.4 Å². The van der Waals surface area contributed by atoms with Crippen LogP contribution in [0.1, 0.15) is 44.9 Å². The van der Waals surface area contributed by atoms with Crippen LogP contribution in [0, 0.1) is 23.1 Å². The first-order valence-electron chi connectivity index (χ1n) is 9.34. The summed E-state index contributed by atoms with van der Waals surface area (Å²) in [4.78, 5) is 24.4. The zero-order chi connectivity index (χ0) is 19.2. The highest BCUT2D eigenvalue weighted by Crippen LogP contribution is 2.65. The summed E-state index contributed by atoms with van der Waals surface area (Å²) >= 11 is 9.82. The van der Waals surface area contributed by atoms with E-state index in [-0.39, 0.29) is 27.3 Å². The van der Waals surface area contributed by atoms with Crippen molar-refractivity contribution >= 4 is 45.1 Å². The van der Waals surface area contributed by atoms with Crippen molar-refractivity contribution in [1.29, 1.82) is 0 Å². The minimum Gasteiger partial charge on any atom is -0.456 e. The van der Waals surface area contributed by atoms with Crippen LogP contribution in [0.25, 0.3) is 0 Å². The number of benzene rings is 1. The van der Waals surface area contributed by atoms with E-state index in [1.807, 2.05) is 0 Å². The largest absolute Gasteiger partial charge is 0.456 e. The van der Waals surface area contributed by atoms with Crippen LogP contribution in [-0.4, -0.2) is 22.8 Å². The van der Waals surface area contributed by atoms with Crippen LogP contribution in [-0.2, 0) is 14.3 Å². The second-order valence-corrected chi connectivity index (χ2v) is 10.7. The Kier molecular flexibility index (Phi) is 5.00. The molecule has 0 spiro atoms. The van der Waals surface area contributed by atoms with Gasteiger partial charge in [0.05, 0.1) is 17.1 Å². The highest BCUT2D eigenvalue weighted by atomic mass is 79.9. The number of ether oxygens (including phenoxy) is 1. The zero-order valence-electron chi connectivity index (χ0n) is 14.9. The molecule has 0 heterocycles. The molecule has 7 heteroatoms. The average molecular weight is 459 g/mol. The minimum atomic E-state index is -0.487. The third kappa shape index (κ3) is 4.16. The van der Waals surface area contributed by atoms with Crippen molar-refractivity contribution in [2.24, 2.45) is 17.3 Å². The van der Waals surface area contributed by atoms with Gasteiger partial charge >= 0.3 is 5.97 Å². The van der Waals surface area contributed by atoms with E-state index in [9.17, 15) is 14.0 Å². The molecule has 4 saturated carbocycles. The third-order valence-corrected chi connectivity index (χ3v) is 7.44. The molecule has 0 radical (unpaired) electrons. The van der Waals surface area contributed by atoms with Gasteiger partial charge in [0.1, 0.15) is 5.82 Å². The number of hydrogen-bond acceptors (Lipinski definition) is 3. The monoisotopic (exact) mass is 457 g/mol. The fourth-order valence-electron chi connectivity index (χ4n) is 5.82. The third-order valence-electron chi connectivity index (χ3n) is 6.20. The molecule has 1 amide bonds. The Balaban J connectivity index is 1.30. The molecule has 2 unspecified atom stereocenters. The number of rotatable bonds is 5. The van der Waals surface area contributed by atoms with Crippen molar-refractivity contribution in [3.8, 4) is 0 Å². The van der Waals surface area contributed by atoms with Crippen LogP contribution in [0.15, 0.2) is 18.2 Å². The lowest BCUT2D eigenvalue weighted by Gasteiger charge is -2.60. The maximum absolute atomic E-state index is 13.1. The quantitative estimate of drug-likeness (QED) is 0.494. The van der Waals surface area contributed by atoms with Gasteiger partial charge < -0.3 is 10.1 Å². The summed E-state index contributed by atoms with van der Waals surface area (Å²) in [6.07, 6.45) is 7.26. The molecule has 4 bridgehead atoms. The summed E-state index contributed by atoms with van der Waals surface area (Å²) in [6.45, 7) is -0.366. The molecular weight excluding hydrogens is 437 g/mol. The van der Waals surface area contributed by atoms with Gasteiger partial charge in [-0.3, -0.25) is 9.59 Å². The van der Waals surface area contributed by atoms with Crippen molar-refractivity contribution in [2.45, 2.75) is 49.3 Å². The SMILES string of the molecule is O=C(COC(=O)CC12C[C@@H]3C[C@@H](CC(Br)(C3)C1)C2)Nc1ccc(F)cc1Cl. The first-order valence-corrected chi connectivity index (χ1v) is 10.5. The number of carbonyl (C=O) groups is 2. The summed E-state index contributed by atoms with van der Waals surface area (Å²) in [7, 11) is 0. The highest BCUT2D eigenvalue weighted by Gasteiger charge is 2.57. The summed E-state index contributed by atoms with van der Waals surface area (Å²) in [5, 5.41) is 2.64. The Morgan fingerprint density at radius 2 is 1.96 bits per heavy atom. The molecule has 4 atom stereocenters. The van der Waals surface area contributed by atoms with E-state index in [4.69, 9.17) is 16.3 Å². The van der Waals surface area contributed by atoms with Crippen molar-refractivity contribution in [1.82, 2.24) is 0 Å². The lowest BCUT2D eigenvalue weighted by molar-refractivity contribution is -0.153. The van der Waals surface area contributed by atoms with Crippen LogP contribution in [0.2, 0.25) is 5.02 Å². The molecule has 0 aromatic heterocycles. The number of anilines is 1. The maximum atomic E-state index is 13.1. The smallest absolute Gasteiger partial charge is 0.306 e.